The number of halogens is 2. The predicted molar refractivity (Wildman–Crippen MR) is 82.9 cm³/mol. The second kappa shape index (κ2) is 6.78. The van der Waals surface area contributed by atoms with Gasteiger partial charge in [0.2, 0.25) is 0 Å². The minimum absolute atomic E-state index is 0.326. The van der Waals surface area contributed by atoms with Gasteiger partial charge >= 0.3 is 6.03 Å². The van der Waals surface area contributed by atoms with Gasteiger partial charge in [0, 0.05) is 35.7 Å². The number of hydrogen-bond donors (Lipinski definition) is 2. The third-order valence-electron chi connectivity index (χ3n) is 2.98. The fourth-order valence-electron chi connectivity index (χ4n) is 1.73. The topological polar surface area (TPSA) is 71.8 Å². The van der Waals surface area contributed by atoms with Crippen LogP contribution in [0.4, 0.5) is 10.5 Å². The first kappa shape index (κ1) is 15.6. The number of nitrogens with one attached hydrogen (secondary N) is 2. The third kappa shape index (κ3) is 4.09. The van der Waals surface area contributed by atoms with Crippen LogP contribution in [0, 0.1) is 6.92 Å². The molecule has 21 heavy (non-hydrogen) atoms. The number of benzene rings is 1. The van der Waals surface area contributed by atoms with Gasteiger partial charge in [0.25, 0.3) is 0 Å². The predicted octanol–water partition coefficient (Wildman–Crippen LogP) is 2.79. The largest absolute Gasteiger partial charge is 0.337 e. The number of urea groups is 1. The maximum Gasteiger partial charge on any atom is 0.319 e. The number of amides is 2. The Morgan fingerprint density at radius 3 is 2.57 bits per heavy atom. The van der Waals surface area contributed by atoms with E-state index in [0.717, 1.165) is 11.4 Å². The number of nitrogens with zero attached hydrogens (tertiary/aromatic N) is 3. The fraction of sp³-hybridized carbons (Fsp3) is 0.308. The second-order valence-electron chi connectivity index (χ2n) is 4.50. The molecule has 0 aliphatic carbocycles. The molecule has 0 fully saturated rings. The summed E-state index contributed by atoms with van der Waals surface area (Å²) in [5.74, 6) is 0.803. The molecule has 2 aromatic rings. The molecule has 0 saturated heterocycles. The van der Waals surface area contributed by atoms with Crippen LogP contribution < -0.4 is 10.6 Å². The Balaban J connectivity index is 1.86. The summed E-state index contributed by atoms with van der Waals surface area (Å²) in [4.78, 5) is 15.9. The number of aryl methyl sites for hydroxylation is 1. The summed E-state index contributed by atoms with van der Waals surface area (Å²) in [6.07, 6.45) is 2.07. The van der Waals surface area contributed by atoms with E-state index < -0.39 is 0 Å². The Morgan fingerprint density at radius 1 is 1.33 bits per heavy atom. The lowest BCUT2D eigenvalue weighted by atomic mass is 10.2. The molecule has 0 unspecified atom stereocenters. The van der Waals surface area contributed by atoms with Gasteiger partial charge in [-0.25, -0.2) is 9.78 Å². The molecule has 8 heteroatoms. The molecule has 0 aliphatic heterocycles. The average molecular weight is 328 g/mol. The number of anilines is 1. The molecule has 6 nitrogen and oxygen atoms in total. The lowest BCUT2D eigenvalue weighted by molar-refractivity contribution is 0.252. The van der Waals surface area contributed by atoms with Gasteiger partial charge in [-0.1, -0.05) is 23.2 Å². The molecule has 1 aromatic carbocycles. The average Bonchev–Trinajstić information content (AvgIpc) is 2.81. The van der Waals surface area contributed by atoms with E-state index in [1.54, 1.807) is 23.9 Å². The van der Waals surface area contributed by atoms with Crippen molar-refractivity contribution in [1.29, 1.82) is 0 Å². The van der Waals surface area contributed by atoms with Crippen LogP contribution in [0.1, 0.15) is 11.4 Å². The standard InChI is InChI=1S/C13H15Cl2N5O/c1-8-10(14)5-9(6-11(8)15)19-13(21)16-4-3-12-17-7-18-20(12)2/h5-7H,3-4H2,1-2H3,(H2,16,19,21). The first-order valence-corrected chi connectivity index (χ1v) is 7.06. The van der Waals surface area contributed by atoms with E-state index in [0.29, 0.717) is 28.7 Å². The van der Waals surface area contributed by atoms with E-state index in [4.69, 9.17) is 23.2 Å². The molecular weight excluding hydrogens is 313 g/mol. The highest BCUT2D eigenvalue weighted by Crippen LogP contribution is 2.27. The summed E-state index contributed by atoms with van der Waals surface area (Å²) >= 11 is 12.0. The van der Waals surface area contributed by atoms with Crippen LogP contribution in [0.3, 0.4) is 0 Å². The number of rotatable bonds is 4. The molecule has 0 aliphatic rings. The smallest absolute Gasteiger partial charge is 0.319 e. The molecule has 0 spiro atoms. The zero-order valence-electron chi connectivity index (χ0n) is 11.7. The van der Waals surface area contributed by atoms with E-state index in [-0.39, 0.29) is 6.03 Å². The number of aromatic nitrogens is 3. The zero-order valence-corrected chi connectivity index (χ0v) is 13.2. The summed E-state index contributed by atoms with van der Waals surface area (Å²) in [5.41, 5.74) is 1.33. The lowest BCUT2D eigenvalue weighted by Crippen LogP contribution is -2.30. The van der Waals surface area contributed by atoms with E-state index in [2.05, 4.69) is 20.7 Å². The number of hydrogen-bond acceptors (Lipinski definition) is 3. The third-order valence-corrected chi connectivity index (χ3v) is 3.76. The van der Waals surface area contributed by atoms with Gasteiger partial charge in [-0.05, 0) is 24.6 Å². The SMILES string of the molecule is Cc1c(Cl)cc(NC(=O)NCCc2ncnn2C)cc1Cl. The molecule has 2 rings (SSSR count). The van der Waals surface area contributed by atoms with Crippen molar-refractivity contribution >= 4 is 34.9 Å². The Kier molecular flexibility index (Phi) is 5.03. The van der Waals surface area contributed by atoms with E-state index in [9.17, 15) is 4.79 Å². The van der Waals surface area contributed by atoms with Crippen LogP contribution in [-0.4, -0.2) is 27.3 Å². The Hall–Kier alpha value is -1.79. The molecule has 0 atom stereocenters. The molecule has 1 heterocycles. The van der Waals surface area contributed by atoms with Crippen molar-refractivity contribution in [1.82, 2.24) is 20.1 Å². The molecule has 2 N–H and O–H groups in total. The summed E-state index contributed by atoms with van der Waals surface area (Å²) in [5, 5.41) is 10.4. The van der Waals surface area contributed by atoms with Gasteiger partial charge in [0.15, 0.2) is 0 Å². The Labute approximate surface area is 132 Å². The summed E-state index contributed by atoms with van der Waals surface area (Å²) in [6, 6.07) is 2.99. The first-order chi connectivity index (χ1) is 9.97. The highest BCUT2D eigenvalue weighted by molar-refractivity contribution is 6.36. The Morgan fingerprint density at radius 2 is 2.00 bits per heavy atom. The molecule has 2 amide bonds. The van der Waals surface area contributed by atoms with Crippen LogP contribution in [0.15, 0.2) is 18.5 Å². The van der Waals surface area contributed by atoms with Crippen molar-refractivity contribution in [2.75, 3.05) is 11.9 Å². The van der Waals surface area contributed by atoms with Crippen LogP contribution >= 0.6 is 23.2 Å². The minimum atomic E-state index is -0.326. The van der Waals surface area contributed by atoms with Crippen molar-refractivity contribution in [3.8, 4) is 0 Å². The zero-order chi connectivity index (χ0) is 15.4. The highest BCUT2D eigenvalue weighted by atomic mass is 35.5. The van der Waals surface area contributed by atoms with Gasteiger partial charge in [-0.2, -0.15) is 5.10 Å². The summed E-state index contributed by atoms with van der Waals surface area (Å²) < 4.78 is 1.67. The minimum Gasteiger partial charge on any atom is -0.337 e. The van der Waals surface area contributed by atoms with Crippen LogP contribution in [0.5, 0.6) is 0 Å². The quantitative estimate of drug-likeness (QED) is 0.906. The van der Waals surface area contributed by atoms with E-state index >= 15 is 0 Å². The summed E-state index contributed by atoms with van der Waals surface area (Å²) in [6.45, 7) is 2.26. The molecule has 0 saturated carbocycles. The van der Waals surface area contributed by atoms with Crippen LogP contribution in [0.2, 0.25) is 10.0 Å². The van der Waals surface area contributed by atoms with Gasteiger partial charge in [0.05, 0.1) is 0 Å². The maximum absolute atomic E-state index is 11.8. The van der Waals surface area contributed by atoms with Crippen LogP contribution in [-0.2, 0) is 13.5 Å². The second-order valence-corrected chi connectivity index (χ2v) is 5.31. The van der Waals surface area contributed by atoms with Crippen molar-refractivity contribution in [2.24, 2.45) is 7.05 Å². The van der Waals surface area contributed by atoms with E-state index in [1.807, 2.05) is 6.92 Å². The van der Waals surface area contributed by atoms with Crippen molar-refractivity contribution < 1.29 is 4.79 Å². The Bertz CT molecular complexity index is 633. The number of carbonyl (C=O) groups is 1. The van der Waals surface area contributed by atoms with Gasteiger partial charge in [-0.15, -0.1) is 0 Å². The molecule has 0 bridgehead atoms. The van der Waals surface area contributed by atoms with Gasteiger partial charge in [0.1, 0.15) is 12.2 Å². The fourth-order valence-corrected chi connectivity index (χ4v) is 2.21. The van der Waals surface area contributed by atoms with Crippen molar-refractivity contribution in [2.45, 2.75) is 13.3 Å². The van der Waals surface area contributed by atoms with Gasteiger partial charge in [-0.3, -0.25) is 4.68 Å². The lowest BCUT2D eigenvalue weighted by Gasteiger charge is -2.09. The van der Waals surface area contributed by atoms with Crippen molar-refractivity contribution in [3.63, 3.8) is 0 Å². The molecule has 0 radical (unpaired) electrons. The molecular formula is C13H15Cl2N5O. The monoisotopic (exact) mass is 327 g/mol. The summed E-state index contributed by atoms with van der Waals surface area (Å²) in [7, 11) is 1.80. The van der Waals surface area contributed by atoms with Gasteiger partial charge < -0.3 is 10.6 Å². The molecule has 1 aromatic heterocycles. The first-order valence-electron chi connectivity index (χ1n) is 6.30. The maximum atomic E-state index is 11.8. The van der Waals surface area contributed by atoms with Crippen LogP contribution in [0.25, 0.3) is 0 Å². The highest BCUT2D eigenvalue weighted by Gasteiger charge is 2.07. The molecule has 112 valence electrons. The number of carbonyl (C=O) groups excluding carboxylic acids is 1. The van der Waals surface area contributed by atoms with E-state index in [1.165, 1.54) is 6.33 Å². The normalized spacial score (nSPS) is 10.5. The van der Waals surface area contributed by atoms with Crippen molar-refractivity contribution in [3.05, 3.63) is 39.9 Å².